The average molecular weight is 586 g/mol. The van der Waals surface area contributed by atoms with Crippen molar-refractivity contribution >= 4 is 66.5 Å². The van der Waals surface area contributed by atoms with E-state index in [0.29, 0.717) is 44.0 Å². The van der Waals surface area contributed by atoms with E-state index in [2.05, 4.69) is 41.9 Å². The van der Waals surface area contributed by atoms with Crippen LogP contribution in [-0.4, -0.2) is 34.6 Å². The Morgan fingerprint density at radius 3 is 2.72 bits per heavy atom. The molecule has 0 N–H and O–H groups in total. The highest BCUT2D eigenvalue weighted by molar-refractivity contribution is 9.10. The number of halogens is 3. The molecule has 0 fully saturated rings. The first-order valence-electron chi connectivity index (χ1n) is 9.76. The van der Waals surface area contributed by atoms with E-state index >= 15 is 0 Å². The second-order valence-corrected chi connectivity index (χ2v) is 9.24. The van der Waals surface area contributed by atoms with E-state index in [4.69, 9.17) is 21.1 Å². The number of esters is 1. The van der Waals surface area contributed by atoms with Crippen molar-refractivity contribution in [2.24, 2.45) is 5.10 Å². The summed E-state index contributed by atoms with van der Waals surface area (Å²) in [7, 11) is 0. The summed E-state index contributed by atoms with van der Waals surface area (Å²) in [5.74, 6) is 0.352. The second-order valence-electron chi connectivity index (χ2n) is 7.04. The van der Waals surface area contributed by atoms with Crippen molar-refractivity contribution in [3.05, 3.63) is 66.0 Å². The molecule has 32 heavy (non-hydrogen) atoms. The number of hydrogen-bond acceptors (Lipinski definition) is 6. The number of fused-ring (bicyclic) bond motifs is 1. The highest BCUT2D eigenvalue weighted by Gasteiger charge is 2.14. The van der Waals surface area contributed by atoms with Gasteiger partial charge in [-0.2, -0.15) is 9.78 Å². The summed E-state index contributed by atoms with van der Waals surface area (Å²) in [5.41, 5.74) is 0.776. The molecule has 3 rings (SSSR count). The summed E-state index contributed by atoms with van der Waals surface area (Å²) in [4.78, 5) is 29.5. The fraction of sp³-hybridized carbons (Fsp3) is 0.273. The predicted octanol–water partition coefficient (Wildman–Crippen LogP) is 5.35. The maximum absolute atomic E-state index is 13.1. The summed E-state index contributed by atoms with van der Waals surface area (Å²) < 4.78 is 13.3. The van der Waals surface area contributed by atoms with Crippen LogP contribution in [0, 0.1) is 0 Å². The number of carbonyl (C=O) groups excluding carboxylic acids is 1. The van der Waals surface area contributed by atoms with E-state index in [0.717, 1.165) is 4.47 Å². The number of benzene rings is 2. The van der Waals surface area contributed by atoms with Gasteiger partial charge in [-0.3, -0.25) is 4.79 Å². The Balaban J connectivity index is 2.02. The fourth-order valence-corrected chi connectivity index (χ4v) is 4.23. The third kappa shape index (κ3) is 5.76. The Kier molecular flexibility index (Phi) is 8.08. The number of hydrogen-bond donors (Lipinski definition) is 0. The van der Waals surface area contributed by atoms with Crippen molar-refractivity contribution < 1.29 is 14.3 Å². The zero-order valence-electron chi connectivity index (χ0n) is 17.6. The standard InChI is InChI=1S/C22H20Br2ClN3O4/c1-4-19-27-18-6-5-14(23)8-16(18)22(30)28(19)26-10-13-7-15(25)9-17(24)21(13)31-11-20(29)32-12(2)3/h5-10,12H,4,11H2,1-3H3. The molecule has 7 nitrogen and oxygen atoms in total. The molecular weight excluding hydrogens is 566 g/mol. The fourth-order valence-electron chi connectivity index (χ4n) is 2.92. The maximum atomic E-state index is 13.1. The predicted molar refractivity (Wildman–Crippen MR) is 132 cm³/mol. The van der Waals surface area contributed by atoms with Gasteiger partial charge in [0.2, 0.25) is 0 Å². The molecule has 0 unspecified atom stereocenters. The van der Waals surface area contributed by atoms with Crippen LogP contribution in [-0.2, 0) is 16.0 Å². The largest absolute Gasteiger partial charge is 0.480 e. The minimum Gasteiger partial charge on any atom is -0.480 e. The third-order valence-electron chi connectivity index (χ3n) is 4.24. The van der Waals surface area contributed by atoms with Crippen LogP contribution in [0.5, 0.6) is 5.75 Å². The first-order valence-corrected chi connectivity index (χ1v) is 11.7. The molecule has 168 valence electrons. The Labute approximate surface area is 206 Å². The van der Waals surface area contributed by atoms with Gasteiger partial charge in [-0.15, -0.1) is 0 Å². The van der Waals surface area contributed by atoms with Gasteiger partial charge in [-0.1, -0.05) is 34.5 Å². The Morgan fingerprint density at radius 2 is 2.03 bits per heavy atom. The van der Waals surface area contributed by atoms with Gasteiger partial charge in [0.15, 0.2) is 6.61 Å². The van der Waals surface area contributed by atoms with Gasteiger partial charge in [-0.05, 0) is 60.1 Å². The molecule has 0 saturated heterocycles. The van der Waals surface area contributed by atoms with Crippen LogP contribution < -0.4 is 10.3 Å². The molecule has 0 saturated carbocycles. The van der Waals surface area contributed by atoms with Crippen LogP contribution in [0.4, 0.5) is 0 Å². The molecule has 2 aromatic carbocycles. The van der Waals surface area contributed by atoms with Crippen LogP contribution in [0.2, 0.25) is 5.02 Å². The van der Waals surface area contributed by atoms with Crippen molar-refractivity contribution in [1.82, 2.24) is 9.66 Å². The number of aryl methyl sites for hydroxylation is 1. The topological polar surface area (TPSA) is 82.8 Å². The Bertz CT molecular complexity index is 1260. The summed E-state index contributed by atoms with van der Waals surface area (Å²) in [5, 5.41) is 5.24. The van der Waals surface area contributed by atoms with E-state index < -0.39 is 5.97 Å². The number of aromatic nitrogens is 2. The second kappa shape index (κ2) is 10.6. The van der Waals surface area contributed by atoms with Crippen LogP contribution in [0.25, 0.3) is 10.9 Å². The first kappa shape index (κ1) is 24.4. The lowest BCUT2D eigenvalue weighted by atomic mass is 10.2. The summed E-state index contributed by atoms with van der Waals surface area (Å²) in [6.45, 7) is 5.12. The van der Waals surface area contributed by atoms with Gasteiger partial charge in [0.1, 0.15) is 11.6 Å². The number of rotatable bonds is 7. The molecule has 0 aliphatic rings. The molecule has 0 atom stereocenters. The van der Waals surface area contributed by atoms with Gasteiger partial charge in [0.25, 0.3) is 5.56 Å². The van der Waals surface area contributed by atoms with E-state index in [1.54, 1.807) is 38.1 Å². The summed E-state index contributed by atoms with van der Waals surface area (Å²) >= 11 is 13.0. The highest BCUT2D eigenvalue weighted by Crippen LogP contribution is 2.32. The van der Waals surface area contributed by atoms with Gasteiger partial charge in [0.05, 0.1) is 27.7 Å². The zero-order valence-corrected chi connectivity index (χ0v) is 21.5. The molecule has 0 radical (unpaired) electrons. The van der Waals surface area contributed by atoms with Crippen molar-refractivity contribution in [1.29, 1.82) is 0 Å². The van der Waals surface area contributed by atoms with Crippen molar-refractivity contribution in [2.45, 2.75) is 33.3 Å². The summed E-state index contributed by atoms with van der Waals surface area (Å²) in [6, 6.07) is 8.59. The molecule has 0 aliphatic heterocycles. The minimum absolute atomic E-state index is 0.249. The molecule has 0 spiro atoms. The quantitative estimate of drug-likeness (QED) is 0.276. The van der Waals surface area contributed by atoms with Crippen molar-refractivity contribution in [3.8, 4) is 5.75 Å². The van der Waals surface area contributed by atoms with Crippen molar-refractivity contribution in [2.75, 3.05) is 6.61 Å². The normalized spacial score (nSPS) is 11.5. The lowest BCUT2D eigenvalue weighted by molar-refractivity contribution is -0.149. The van der Waals surface area contributed by atoms with Gasteiger partial charge in [0, 0.05) is 21.5 Å². The minimum atomic E-state index is -0.501. The van der Waals surface area contributed by atoms with Gasteiger partial charge in [-0.25, -0.2) is 9.78 Å². The van der Waals surface area contributed by atoms with E-state index in [9.17, 15) is 9.59 Å². The zero-order chi connectivity index (χ0) is 23.4. The molecule has 0 bridgehead atoms. The molecule has 0 amide bonds. The molecule has 1 heterocycles. The number of nitrogens with zero attached hydrogens (tertiary/aromatic N) is 3. The maximum Gasteiger partial charge on any atom is 0.344 e. The molecular formula is C22H20Br2ClN3O4. The molecule has 10 heteroatoms. The highest BCUT2D eigenvalue weighted by atomic mass is 79.9. The molecule has 0 aliphatic carbocycles. The SMILES string of the molecule is CCc1nc2ccc(Br)cc2c(=O)n1N=Cc1cc(Cl)cc(Br)c1OCC(=O)OC(C)C. The lowest BCUT2D eigenvalue weighted by Gasteiger charge is -2.13. The average Bonchev–Trinajstić information content (AvgIpc) is 2.72. The van der Waals surface area contributed by atoms with Crippen molar-refractivity contribution in [3.63, 3.8) is 0 Å². The van der Waals surface area contributed by atoms with Gasteiger partial charge >= 0.3 is 5.97 Å². The first-order chi connectivity index (χ1) is 15.2. The monoisotopic (exact) mass is 583 g/mol. The number of ether oxygens (including phenoxy) is 2. The van der Waals surface area contributed by atoms with Gasteiger partial charge < -0.3 is 9.47 Å². The summed E-state index contributed by atoms with van der Waals surface area (Å²) in [6.07, 6.45) is 1.70. The Morgan fingerprint density at radius 1 is 1.28 bits per heavy atom. The lowest BCUT2D eigenvalue weighted by Crippen LogP contribution is -2.22. The smallest absolute Gasteiger partial charge is 0.344 e. The number of carbonyl (C=O) groups is 1. The molecule has 1 aromatic heterocycles. The Hall–Kier alpha value is -2.23. The van der Waals surface area contributed by atoms with Crippen LogP contribution in [0.3, 0.4) is 0 Å². The van der Waals surface area contributed by atoms with E-state index in [1.807, 2.05) is 13.0 Å². The third-order valence-corrected chi connectivity index (χ3v) is 5.54. The molecule has 3 aromatic rings. The van der Waals surface area contributed by atoms with Crippen LogP contribution in [0.1, 0.15) is 32.2 Å². The van der Waals surface area contributed by atoms with Crippen LogP contribution in [0.15, 0.2) is 49.2 Å². The van der Waals surface area contributed by atoms with Crippen LogP contribution >= 0.6 is 43.5 Å². The van der Waals surface area contributed by atoms with E-state index in [-0.39, 0.29) is 18.3 Å². The van der Waals surface area contributed by atoms with E-state index in [1.165, 1.54) is 10.9 Å².